The van der Waals surface area contributed by atoms with Crippen LogP contribution in [-0.2, 0) is 4.79 Å². The lowest BCUT2D eigenvalue weighted by atomic mass is 10.1. The Hall–Kier alpha value is -1.75. The highest BCUT2D eigenvalue weighted by molar-refractivity contribution is 5.81. The summed E-state index contributed by atoms with van der Waals surface area (Å²) in [5.74, 6) is 1.07. The molecule has 2 atom stereocenters. The van der Waals surface area contributed by atoms with Crippen LogP contribution in [0.3, 0.4) is 0 Å². The highest BCUT2D eigenvalue weighted by Crippen LogP contribution is 2.29. The van der Waals surface area contributed by atoms with Crippen LogP contribution in [0.25, 0.3) is 0 Å². The van der Waals surface area contributed by atoms with E-state index >= 15 is 0 Å². The number of carbonyl (C=O) groups excluding carboxylic acids is 1. The van der Waals surface area contributed by atoms with E-state index < -0.39 is 6.10 Å². The van der Waals surface area contributed by atoms with Crippen LogP contribution >= 0.6 is 0 Å². The first-order valence-corrected chi connectivity index (χ1v) is 7.06. The lowest BCUT2D eigenvalue weighted by Gasteiger charge is -2.24. The number of ether oxygens (including phenoxy) is 2. The number of hydrogen-bond donors (Lipinski definition) is 2. The predicted molar refractivity (Wildman–Crippen MR) is 83.6 cm³/mol. The van der Waals surface area contributed by atoms with Gasteiger partial charge in [0.2, 0.25) is 0 Å². The Morgan fingerprint density at radius 1 is 1.29 bits per heavy atom. The lowest BCUT2D eigenvalue weighted by Crippen LogP contribution is -2.46. The number of nitrogens with one attached hydrogen (secondary N) is 1. The third kappa shape index (κ3) is 5.27. The molecule has 0 saturated heterocycles. The van der Waals surface area contributed by atoms with Crippen LogP contribution in [0.15, 0.2) is 18.2 Å². The van der Waals surface area contributed by atoms with E-state index in [9.17, 15) is 4.79 Å². The molecule has 118 valence electrons. The largest absolute Gasteiger partial charge is 0.497 e. The third-order valence-electron chi connectivity index (χ3n) is 2.88. The Balaban J connectivity index is 2.92. The van der Waals surface area contributed by atoms with Gasteiger partial charge in [-0.15, -0.1) is 0 Å². The summed E-state index contributed by atoms with van der Waals surface area (Å²) in [4.78, 5) is 12.1. The van der Waals surface area contributed by atoms with Gasteiger partial charge < -0.3 is 20.5 Å². The van der Waals surface area contributed by atoms with Gasteiger partial charge in [0.05, 0.1) is 7.11 Å². The van der Waals surface area contributed by atoms with E-state index in [0.717, 1.165) is 5.56 Å². The summed E-state index contributed by atoms with van der Waals surface area (Å²) in [6.45, 7) is 9.36. The number of rotatable bonds is 5. The molecule has 1 aromatic rings. The van der Waals surface area contributed by atoms with Crippen molar-refractivity contribution in [2.75, 3.05) is 7.11 Å². The monoisotopic (exact) mass is 294 g/mol. The molecule has 1 amide bonds. The van der Waals surface area contributed by atoms with Crippen molar-refractivity contribution in [1.29, 1.82) is 0 Å². The maximum Gasteiger partial charge on any atom is 0.261 e. The second-order valence-corrected chi connectivity index (χ2v) is 6.19. The van der Waals surface area contributed by atoms with Gasteiger partial charge in [0.15, 0.2) is 6.10 Å². The average Bonchev–Trinajstić information content (AvgIpc) is 2.36. The Labute approximate surface area is 126 Å². The van der Waals surface area contributed by atoms with E-state index in [1.54, 1.807) is 20.1 Å². The molecule has 0 radical (unpaired) electrons. The summed E-state index contributed by atoms with van der Waals surface area (Å²) in [6.07, 6.45) is -0.617. The minimum absolute atomic E-state index is 0.166. The summed E-state index contributed by atoms with van der Waals surface area (Å²) < 4.78 is 11.0. The number of benzene rings is 1. The highest BCUT2D eigenvalue weighted by atomic mass is 16.5. The molecule has 5 nitrogen and oxygen atoms in total. The van der Waals surface area contributed by atoms with Gasteiger partial charge in [-0.2, -0.15) is 0 Å². The van der Waals surface area contributed by atoms with E-state index in [-0.39, 0.29) is 17.5 Å². The van der Waals surface area contributed by atoms with Crippen molar-refractivity contribution in [2.45, 2.75) is 52.3 Å². The smallest absolute Gasteiger partial charge is 0.261 e. The van der Waals surface area contributed by atoms with E-state index in [4.69, 9.17) is 15.2 Å². The van der Waals surface area contributed by atoms with Gasteiger partial charge >= 0.3 is 0 Å². The normalized spacial score (nSPS) is 14.2. The number of amides is 1. The molecule has 21 heavy (non-hydrogen) atoms. The SMILES string of the molecule is COc1ccc(C(C)N)c(OC(C)C(=O)NC(C)(C)C)c1. The summed E-state index contributed by atoms with van der Waals surface area (Å²) >= 11 is 0. The molecule has 0 aromatic heterocycles. The molecule has 5 heteroatoms. The number of nitrogens with two attached hydrogens (primary N) is 1. The summed E-state index contributed by atoms with van der Waals surface area (Å²) in [5.41, 5.74) is 6.48. The molecule has 0 saturated carbocycles. The maximum absolute atomic E-state index is 12.1. The Morgan fingerprint density at radius 3 is 2.38 bits per heavy atom. The molecule has 1 rings (SSSR count). The van der Waals surface area contributed by atoms with Crippen molar-refractivity contribution in [3.8, 4) is 11.5 Å². The van der Waals surface area contributed by atoms with Crippen LogP contribution in [0.5, 0.6) is 11.5 Å². The van der Waals surface area contributed by atoms with Gasteiger partial charge in [0.1, 0.15) is 11.5 Å². The van der Waals surface area contributed by atoms with Gasteiger partial charge in [0, 0.05) is 23.2 Å². The van der Waals surface area contributed by atoms with Gasteiger partial charge in [-0.1, -0.05) is 6.07 Å². The van der Waals surface area contributed by atoms with Crippen molar-refractivity contribution in [2.24, 2.45) is 5.73 Å². The quantitative estimate of drug-likeness (QED) is 0.874. The Kier molecular flexibility index (Phi) is 5.61. The number of hydrogen-bond acceptors (Lipinski definition) is 4. The van der Waals surface area contributed by atoms with Crippen LogP contribution in [0.4, 0.5) is 0 Å². The predicted octanol–water partition coefficient (Wildman–Crippen LogP) is 2.40. The van der Waals surface area contributed by atoms with Gasteiger partial charge in [-0.05, 0) is 40.7 Å². The fraction of sp³-hybridized carbons (Fsp3) is 0.562. The first kappa shape index (κ1) is 17.3. The second-order valence-electron chi connectivity index (χ2n) is 6.19. The highest BCUT2D eigenvalue weighted by Gasteiger charge is 2.22. The average molecular weight is 294 g/mol. The third-order valence-corrected chi connectivity index (χ3v) is 2.88. The molecule has 0 bridgehead atoms. The minimum atomic E-state index is -0.617. The van der Waals surface area contributed by atoms with Crippen molar-refractivity contribution in [3.05, 3.63) is 23.8 Å². The zero-order valence-electron chi connectivity index (χ0n) is 13.7. The van der Waals surface area contributed by atoms with Gasteiger partial charge in [-0.25, -0.2) is 0 Å². The van der Waals surface area contributed by atoms with Crippen LogP contribution in [0.2, 0.25) is 0 Å². The van der Waals surface area contributed by atoms with Crippen molar-refractivity contribution in [1.82, 2.24) is 5.32 Å². The minimum Gasteiger partial charge on any atom is -0.497 e. The molecule has 0 heterocycles. The first-order chi connectivity index (χ1) is 9.64. The molecule has 0 aliphatic carbocycles. The topological polar surface area (TPSA) is 73.6 Å². The van der Waals surface area contributed by atoms with Crippen LogP contribution in [0, 0.1) is 0 Å². The second kappa shape index (κ2) is 6.80. The maximum atomic E-state index is 12.1. The van der Waals surface area contributed by atoms with Gasteiger partial charge in [-0.3, -0.25) is 4.79 Å². The van der Waals surface area contributed by atoms with Crippen LogP contribution in [0.1, 0.15) is 46.2 Å². The zero-order valence-corrected chi connectivity index (χ0v) is 13.7. The van der Waals surface area contributed by atoms with E-state index in [1.165, 1.54) is 0 Å². The zero-order chi connectivity index (χ0) is 16.2. The Bertz CT molecular complexity index is 493. The van der Waals surface area contributed by atoms with E-state index in [2.05, 4.69) is 5.32 Å². The molecule has 2 unspecified atom stereocenters. The van der Waals surface area contributed by atoms with Crippen molar-refractivity contribution < 1.29 is 14.3 Å². The fourth-order valence-electron chi connectivity index (χ4n) is 1.84. The van der Waals surface area contributed by atoms with Crippen molar-refractivity contribution in [3.63, 3.8) is 0 Å². The fourth-order valence-corrected chi connectivity index (χ4v) is 1.84. The molecular weight excluding hydrogens is 268 g/mol. The van der Waals surface area contributed by atoms with Gasteiger partial charge in [0.25, 0.3) is 5.91 Å². The lowest BCUT2D eigenvalue weighted by molar-refractivity contribution is -0.128. The van der Waals surface area contributed by atoms with Crippen molar-refractivity contribution >= 4 is 5.91 Å². The molecule has 0 aliphatic heterocycles. The molecule has 0 fully saturated rings. The van der Waals surface area contributed by atoms with E-state index in [0.29, 0.717) is 11.5 Å². The molecule has 1 aromatic carbocycles. The molecule has 3 N–H and O–H groups in total. The van der Waals surface area contributed by atoms with E-state index in [1.807, 2.05) is 39.8 Å². The van der Waals surface area contributed by atoms with Crippen LogP contribution < -0.4 is 20.5 Å². The Morgan fingerprint density at radius 2 is 1.90 bits per heavy atom. The summed E-state index contributed by atoms with van der Waals surface area (Å²) in [5, 5.41) is 2.89. The first-order valence-electron chi connectivity index (χ1n) is 7.06. The summed E-state index contributed by atoms with van der Waals surface area (Å²) in [6, 6.07) is 5.24. The summed E-state index contributed by atoms with van der Waals surface area (Å²) in [7, 11) is 1.58. The molecular formula is C16H26N2O3. The standard InChI is InChI=1S/C16H26N2O3/c1-10(17)13-8-7-12(20-6)9-14(13)21-11(2)15(19)18-16(3,4)5/h7-11H,17H2,1-6H3,(H,18,19). The number of methoxy groups -OCH3 is 1. The van der Waals surface area contributed by atoms with Crippen LogP contribution in [-0.4, -0.2) is 24.7 Å². The molecule has 0 spiro atoms. The molecule has 0 aliphatic rings. The number of carbonyl (C=O) groups is 1.